The predicted octanol–water partition coefficient (Wildman–Crippen LogP) is 1.15. The largest absolute Gasteiger partial charge is 0.376 e. The molecule has 2 heterocycles. The molecule has 54 valence electrons. The molecule has 10 heavy (non-hydrogen) atoms. The minimum Gasteiger partial charge on any atom is -0.376 e. The van der Waals surface area contributed by atoms with Crippen molar-refractivity contribution in [2.24, 2.45) is 0 Å². The molecule has 0 saturated heterocycles. The Hall–Kier alpha value is -0.100. The topological polar surface area (TPSA) is 27.1 Å². The van der Waals surface area contributed by atoms with Crippen molar-refractivity contribution in [2.45, 2.75) is 13.0 Å². The highest BCUT2D eigenvalue weighted by Gasteiger charge is 2.13. The number of hydrogen-bond donors (Lipinski definition) is 0. The smallest absolute Gasteiger partial charge is 0.0846 e. The zero-order valence-electron chi connectivity index (χ0n) is 5.38. The molecule has 4 heteroatoms. The third kappa shape index (κ3) is 0.950. The van der Waals surface area contributed by atoms with Crippen molar-refractivity contribution < 1.29 is 4.74 Å². The maximum Gasteiger partial charge on any atom is 0.0846 e. The fourth-order valence-corrected chi connectivity index (χ4v) is 1.78. The van der Waals surface area contributed by atoms with Gasteiger partial charge in [-0.15, -0.1) is 0 Å². The molecule has 0 amide bonds. The van der Waals surface area contributed by atoms with Crippen LogP contribution in [0.5, 0.6) is 0 Å². The van der Waals surface area contributed by atoms with Gasteiger partial charge in [0.05, 0.1) is 48.0 Å². The summed E-state index contributed by atoms with van der Waals surface area (Å²) in [5.74, 6) is 0. The van der Waals surface area contributed by atoms with Crippen LogP contribution in [0, 0.1) is 0 Å². The molecule has 1 aromatic rings. The highest BCUT2D eigenvalue weighted by molar-refractivity contribution is 14.1. The number of hydrogen-bond acceptors (Lipinski definition) is 2. The van der Waals surface area contributed by atoms with E-state index in [9.17, 15) is 0 Å². The second-order valence-corrected chi connectivity index (χ2v) is 3.19. The van der Waals surface area contributed by atoms with Gasteiger partial charge in [0.25, 0.3) is 0 Å². The van der Waals surface area contributed by atoms with Crippen LogP contribution in [0.25, 0.3) is 0 Å². The molecule has 0 aliphatic carbocycles. The number of halogens is 1. The maximum atomic E-state index is 5.25. The van der Waals surface area contributed by atoms with Gasteiger partial charge in [-0.2, -0.15) is 5.10 Å². The van der Waals surface area contributed by atoms with Gasteiger partial charge in [-0.3, -0.25) is 0 Å². The first kappa shape index (κ1) is 6.60. The summed E-state index contributed by atoms with van der Waals surface area (Å²) in [7, 11) is 0. The average molecular weight is 250 g/mol. The lowest BCUT2D eigenvalue weighted by Crippen LogP contribution is -2.09. The van der Waals surface area contributed by atoms with Gasteiger partial charge in [0, 0.05) is 12.0 Å². The Balaban J connectivity index is 2.45. The lowest BCUT2D eigenvalue weighted by molar-refractivity contribution is 0.110. The molecule has 0 atom stereocenters. The molecule has 0 N–H and O–H groups in total. The van der Waals surface area contributed by atoms with Gasteiger partial charge in [0.2, 0.25) is 0 Å². The molecule has 1 aliphatic rings. The van der Waals surface area contributed by atoms with E-state index in [1.54, 1.807) is 0 Å². The van der Waals surface area contributed by atoms with Crippen LogP contribution in [-0.2, 0) is 17.8 Å². The molecule has 0 radical (unpaired) electrons. The van der Waals surface area contributed by atoms with E-state index in [4.69, 9.17) is 4.74 Å². The number of ether oxygens (including phenoxy) is 1. The maximum absolute atomic E-state index is 5.25. The van der Waals surface area contributed by atoms with E-state index in [2.05, 4.69) is 28.0 Å². The Morgan fingerprint density at radius 2 is 2.60 bits per heavy atom. The summed E-state index contributed by atoms with van der Waals surface area (Å²) in [6, 6.07) is 0. The summed E-state index contributed by atoms with van der Waals surface area (Å²) in [6.45, 7) is 1.57. The summed E-state index contributed by atoms with van der Waals surface area (Å²) in [4.78, 5) is 0. The third-order valence-corrected chi connectivity index (χ3v) is 2.48. The fourth-order valence-electron chi connectivity index (χ4n) is 1.11. The second kappa shape index (κ2) is 2.50. The number of fused-ring (bicyclic) bond motifs is 1. The van der Waals surface area contributed by atoms with Crippen LogP contribution >= 0.6 is 22.9 Å². The first-order chi connectivity index (χ1) is 4.88. The van der Waals surface area contributed by atoms with Crippen molar-refractivity contribution in [3.63, 3.8) is 0 Å². The van der Waals surface area contributed by atoms with E-state index < -0.39 is 0 Å². The molecule has 0 bridgehead atoms. The Morgan fingerprint density at radius 3 is 3.40 bits per heavy atom. The van der Waals surface area contributed by atoms with Gasteiger partial charge in [0.15, 0.2) is 0 Å². The molecule has 0 fully saturated rings. The normalized spacial score (nSPS) is 16.9. The Morgan fingerprint density at radius 1 is 1.70 bits per heavy atom. The molecule has 1 aliphatic heterocycles. The van der Waals surface area contributed by atoms with Gasteiger partial charge in [-0.1, -0.05) is 0 Å². The van der Waals surface area contributed by atoms with Gasteiger partial charge >= 0.3 is 0 Å². The zero-order valence-corrected chi connectivity index (χ0v) is 7.54. The van der Waals surface area contributed by atoms with Gasteiger partial charge in [-0.25, -0.2) is 2.90 Å². The van der Waals surface area contributed by atoms with Crippen molar-refractivity contribution in [2.75, 3.05) is 6.61 Å². The van der Waals surface area contributed by atoms with Crippen LogP contribution in [0.2, 0.25) is 0 Å². The molecule has 1 aromatic heterocycles. The van der Waals surface area contributed by atoms with Crippen LogP contribution in [0.15, 0.2) is 6.20 Å². The molecule has 3 nitrogen and oxygen atoms in total. The van der Waals surface area contributed by atoms with Crippen molar-refractivity contribution in [1.29, 1.82) is 0 Å². The highest BCUT2D eigenvalue weighted by Crippen LogP contribution is 2.17. The predicted molar refractivity (Wildman–Crippen MR) is 45.0 cm³/mol. The number of nitrogens with zero attached hydrogens (tertiary/aromatic N) is 2. The highest BCUT2D eigenvalue weighted by atomic mass is 127. The molecule has 0 unspecified atom stereocenters. The third-order valence-electron chi connectivity index (χ3n) is 1.65. The summed E-state index contributed by atoms with van der Waals surface area (Å²) in [6.07, 6.45) is 2.87. The van der Waals surface area contributed by atoms with Crippen molar-refractivity contribution in [3.05, 3.63) is 17.5 Å². The minimum absolute atomic E-state index is 0.734. The van der Waals surface area contributed by atoms with Gasteiger partial charge in [-0.05, 0) is 0 Å². The molecule has 0 saturated carbocycles. The van der Waals surface area contributed by atoms with E-state index in [0.29, 0.717) is 0 Å². The van der Waals surface area contributed by atoms with Crippen molar-refractivity contribution >= 4 is 22.9 Å². The van der Waals surface area contributed by atoms with Crippen molar-refractivity contribution in [1.82, 2.24) is 7.99 Å². The Kier molecular flexibility index (Phi) is 1.65. The van der Waals surface area contributed by atoms with Crippen LogP contribution in [0.3, 0.4) is 0 Å². The Labute approximate surface area is 72.9 Å². The SMILES string of the molecule is In1ncc2c1CCOC2. The lowest BCUT2D eigenvalue weighted by Gasteiger charge is -2.11. The van der Waals surface area contributed by atoms with Gasteiger partial charge in [0.1, 0.15) is 0 Å². The number of rotatable bonds is 0. The van der Waals surface area contributed by atoms with E-state index in [-0.39, 0.29) is 0 Å². The van der Waals surface area contributed by atoms with E-state index >= 15 is 0 Å². The summed E-state index contributed by atoms with van der Waals surface area (Å²) < 4.78 is 7.15. The standard InChI is InChI=1S/C6H7IN2O/c7-9-6-1-2-10-4-5(6)3-8-9/h3H,1-2,4H2. The van der Waals surface area contributed by atoms with E-state index in [1.807, 2.05) is 9.09 Å². The summed E-state index contributed by atoms with van der Waals surface area (Å²) in [5, 5.41) is 4.12. The molecular formula is C6H7IN2O. The molecule has 0 aromatic carbocycles. The van der Waals surface area contributed by atoms with Crippen LogP contribution in [0.4, 0.5) is 0 Å². The van der Waals surface area contributed by atoms with Crippen LogP contribution < -0.4 is 0 Å². The molecular weight excluding hydrogens is 243 g/mol. The minimum atomic E-state index is 0.734. The van der Waals surface area contributed by atoms with E-state index in [1.165, 1.54) is 11.3 Å². The first-order valence-electron chi connectivity index (χ1n) is 3.17. The van der Waals surface area contributed by atoms with Crippen molar-refractivity contribution in [3.8, 4) is 0 Å². The quantitative estimate of drug-likeness (QED) is 0.646. The van der Waals surface area contributed by atoms with Gasteiger partial charge < -0.3 is 4.74 Å². The zero-order chi connectivity index (χ0) is 6.97. The summed E-state index contributed by atoms with van der Waals surface area (Å²) in [5.41, 5.74) is 2.55. The lowest BCUT2D eigenvalue weighted by atomic mass is 10.2. The molecule has 0 spiro atoms. The van der Waals surface area contributed by atoms with Crippen LogP contribution in [-0.4, -0.2) is 14.6 Å². The molecule has 2 rings (SSSR count). The van der Waals surface area contributed by atoms with Crippen LogP contribution in [0.1, 0.15) is 11.3 Å². The number of aromatic nitrogens is 2. The second-order valence-electron chi connectivity index (χ2n) is 2.28. The monoisotopic (exact) mass is 250 g/mol. The fraction of sp³-hybridized carbons (Fsp3) is 0.500. The average Bonchev–Trinajstić information content (AvgIpc) is 2.34. The Bertz CT molecular complexity index is 246. The first-order valence-corrected chi connectivity index (χ1v) is 4.14. The van der Waals surface area contributed by atoms with E-state index in [0.717, 1.165) is 19.6 Å². The summed E-state index contributed by atoms with van der Waals surface area (Å²) >= 11 is 2.19.